The van der Waals surface area contributed by atoms with Crippen molar-refractivity contribution in [1.29, 1.82) is 0 Å². The first kappa shape index (κ1) is 11.6. The van der Waals surface area contributed by atoms with E-state index in [4.69, 9.17) is 5.11 Å². The molecule has 0 amide bonds. The Hall–Kier alpha value is -0.490. The van der Waals surface area contributed by atoms with Gasteiger partial charge in [-0.25, -0.2) is 9.18 Å². The predicted octanol–water partition coefficient (Wildman–Crippen LogP) is 3.02. The third kappa shape index (κ3) is 2.30. The first-order valence-corrected chi connectivity index (χ1v) is 5.45. The van der Waals surface area contributed by atoms with Gasteiger partial charge >= 0.3 is 5.97 Å². The first-order valence-electron chi connectivity index (χ1n) is 3.62. The maximum Gasteiger partial charge on any atom is 0.337 e. The fraction of sp³-hybridized carbons (Fsp3) is 0.250. The van der Waals surface area contributed by atoms with Gasteiger partial charge in [0.05, 0.1) is 11.3 Å². The normalized spacial score (nSPS) is 10.6. The van der Waals surface area contributed by atoms with Gasteiger partial charge in [0.1, 0.15) is 15.2 Å². The van der Waals surface area contributed by atoms with Gasteiger partial charge in [0, 0.05) is 0 Å². The second-order valence-electron chi connectivity index (χ2n) is 2.59. The average Bonchev–Trinajstić information content (AvgIpc) is 2.07. The molecule has 0 unspecified atom stereocenters. The van der Waals surface area contributed by atoms with E-state index in [0.29, 0.717) is 0 Å². The van der Waals surface area contributed by atoms with Crippen LogP contribution in [0.5, 0.6) is 0 Å². The summed E-state index contributed by atoms with van der Waals surface area (Å²) in [7, 11) is 0. The number of aromatic nitrogens is 1. The van der Waals surface area contributed by atoms with E-state index in [1.807, 2.05) is 0 Å². The summed E-state index contributed by atoms with van der Waals surface area (Å²) in [6.45, 7) is 1.52. The van der Waals surface area contributed by atoms with E-state index in [1.165, 1.54) is 6.92 Å². The molecule has 6 heteroatoms. The summed E-state index contributed by atoms with van der Waals surface area (Å²) in [5, 5.41) is 8.69. The van der Waals surface area contributed by atoms with E-state index in [0.717, 1.165) is 6.07 Å². The van der Waals surface area contributed by atoms with Gasteiger partial charge in [-0.2, -0.15) is 0 Å². The van der Waals surface area contributed by atoms with E-state index < -0.39 is 15.5 Å². The molecule has 76 valence electrons. The van der Waals surface area contributed by atoms with Crippen LogP contribution in [-0.2, 0) is 0 Å². The van der Waals surface area contributed by atoms with Gasteiger partial charge in [-0.1, -0.05) is 31.9 Å². The van der Waals surface area contributed by atoms with Crippen LogP contribution in [0.15, 0.2) is 6.07 Å². The number of halogens is 3. The zero-order valence-electron chi connectivity index (χ0n) is 7.09. The quantitative estimate of drug-likeness (QED) is 0.850. The maximum absolute atomic E-state index is 13.3. The third-order valence-electron chi connectivity index (χ3n) is 1.63. The van der Waals surface area contributed by atoms with Crippen molar-refractivity contribution in [1.82, 2.24) is 4.98 Å². The summed E-state index contributed by atoms with van der Waals surface area (Å²) in [4.78, 5) is 14.5. The molecule has 1 aromatic rings. The SMILES string of the molecule is Cc1nc(C(Br)Br)c(F)cc1C(=O)O. The predicted molar refractivity (Wildman–Crippen MR) is 56.5 cm³/mol. The van der Waals surface area contributed by atoms with E-state index in [9.17, 15) is 9.18 Å². The number of rotatable bonds is 2. The van der Waals surface area contributed by atoms with Gasteiger partial charge in [0.2, 0.25) is 0 Å². The molecule has 0 saturated heterocycles. The topological polar surface area (TPSA) is 50.2 Å². The number of nitrogens with zero attached hydrogens (tertiary/aromatic N) is 1. The fourth-order valence-electron chi connectivity index (χ4n) is 0.969. The van der Waals surface area contributed by atoms with Gasteiger partial charge < -0.3 is 5.11 Å². The highest BCUT2D eigenvalue weighted by atomic mass is 79.9. The minimum atomic E-state index is -1.18. The van der Waals surface area contributed by atoms with Crippen molar-refractivity contribution in [3.63, 3.8) is 0 Å². The lowest BCUT2D eigenvalue weighted by atomic mass is 10.2. The van der Waals surface area contributed by atoms with Crippen LogP contribution in [0.1, 0.15) is 25.5 Å². The summed E-state index contributed by atoms with van der Waals surface area (Å²) < 4.78 is 12.8. The molecule has 0 radical (unpaired) electrons. The zero-order valence-corrected chi connectivity index (χ0v) is 10.3. The van der Waals surface area contributed by atoms with Gasteiger partial charge in [0.15, 0.2) is 0 Å². The molecular formula is C8H6Br2FNO2. The summed E-state index contributed by atoms with van der Waals surface area (Å²) >= 11 is 6.19. The molecule has 0 aliphatic carbocycles. The van der Waals surface area contributed by atoms with E-state index >= 15 is 0 Å². The molecule has 0 bridgehead atoms. The zero-order chi connectivity index (χ0) is 10.9. The molecule has 0 saturated carbocycles. The first-order chi connectivity index (χ1) is 6.43. The molecule has 0 spiro atoms. The number of pyridine rings is 1. The maximum atomic E-state index is 13.3. The largest absolute Gasteiger partial charge is 0.478 e. The summed E-state index contributed by atoms with van der Waals surface area (Å²) in [6, 6.07) is 0.968. The van der Waals surface area contributed by atoms with E-state index in [-0.39, 0.29) is 17.0 Å². The highest BCUT2D eigenvalue weighted by Crippen LogP contribution is 2.30. The van der Waals surface area contributed by atoms with Gasteiger partial charge in [0.25, 0.3) is 0 Å². The van der Waals surface area contributed by atoms with Crippen LogP contribution in [0.2, 0.25) is 0 Å². The van der Waals surface area contributed by atoms with Crippen molar-refractivity contribution in [3.05, 3.63) is 28.8 Å². The second kappa shape index (κ2) is 4.35. The van der Waals surface area contributed by atoms with Crippen LogP contribution in [0.25, 0.3) is 0 Å². The van der Waals surface area contributed by atoms with Crippen molar-refractivity contribution in [3.8, 4) is 0 Å². The molecule has 0 fully saturated rings. The lowest BCUT2D eigenvalue weighted by Gasteiger charge is -2.06. The fourth-order valence-corrected chi connectivity index (χ4v) is 1.61. The highest BCUT2D eigenvalue weighted by Gasteiger charge is 2.17. The molecule has 1 aromatic heterocycles. The molecule has 3 nitrogen and oxygen atoms in total. The third-order valence-corrected chi connectivity index (χ3v) is 2.50. The summed E-state index contributed by atoms with van der Waals surface area (Å²) in [5.41, 5.74) is 0.317. The molecule has 0 aromatic carbocycles. The number of hydrogen-bond donors (Lipinski definition) is 1. The van der Waals surface area contributed by atoms with E-state index in [2.05, 4.69) is 36.8 Å². The molecule has 0 atom stereocenters. The van der Waals surface area contributed by atoms with Crippen LogP contribution >= 0.6 is 31.9 Å². The standard InChI is InChI=1S/C8H6Br2FNO2/c1-3-4(8(13)14)2-5(11)6(12-3)7(9)10/h2,7H,1H3,(H,13,14). The molecule has 1 heterocycles. The monoisotopic (exact) mass is 325 g/mol. The Balaban J connectivity index is 3.31. The number of aryl methyl sites for hydroxylation is 1. The van der Waals surface area contributed by atoms with Crippen molar-refractivity contribution in [2.75, 3.05) is 0 Å². The number of hydrogen-bond acceptors (Lipinski definition) is 2. The summed E-state index contributed by atoms with van der Waals surface area (Å²) in [6.07, 6.45) is 0. The molecule has 1 N–H and O–H groups in total. The Morgan fingerprint density at radius 2 is 2.21 bits per heavy atom. The van der Waals surface area contributed by atoms with Crippen LogP contribution in [0.4, 0.5) is 4.39 Å². The number of carbonyl (C=O) groups is 1. The van der Waals surface area contributed by atoms with Crippen LogP contribution in [-0.4, -0.2) is 16.1 Å². The lowest BCUT2D eigenvalue weighted by Crippen LogP contribution is -2.06. The Labute approximate surface area is 96.6 Å². The minimum Gasteiger partial charge on any atom is -0.478 e. The smallest absolute Gasteiger partial charge is 0.337 e. The van der Waals surface area contributed by atoms with Crippen molar-refractivity contribution in [2.45, 2.75) is 10.7 Å². The number of carboxylic acid groups (broad SMARTS) is 1. The van der Waals surface area contributed by atoms with Gasteiger partial charge in [-0.3, -0.25) is 4.98 Å². The molecule has 1 rings (SSSR count). The van der Waals surface area contributed by atoms with Gasteiger partial charge in [-0.05, 0) is 13.0 Å². The average molecular weight is 327 g/mol. The lowest BCUT2D eigenvalue weighted by molar-refractivity contribution is 0.0695. The number of alkyl halides is 2. The Morgan fingerprint density at radius 3 is 2.64 bits per heavy atom. The Kier molecular flexibility index (Phi) is 3.60. The molecule has 14 heavy (non-hydrogen) atoms. The van der Waals surface area contributed by atoms with Crippen molar-refractivity contribution >= 4 is 37.8 Å². The number of carboxylic acids is 1. The minimum absolute atomic E-state index is 0.119. The Morgan fingerprint density at radius 1 is 1.64 bits per heavy atom. The second-order valence-corrected chi connectivity index (χ2v) is 5.65. The van der Waals surface area contributed by atoms with Crippen LogP contribution < -0.4 is 0 Å². The highest BCUT2D eigenvalue weighted by molar-refractivity contribution is 9.24. The van der Waals surface area contributed by atoms with Crippen LogP contribution in [0, 0.1) is 12.7 Å². The molecule has 0 aliphatic rings. The summed E-state index contributed by atoms with van der Waals surface area (Å²) in [5.74, 6) is -1.83. The molecule has 0 aliphatic heterocycles. The molecular weight excluding hydrogens is 321 g/mol. The van der Waals surface area contributed by atoms with Crippen LogP contribution in [0.3, 0.4) is 0 Å². The van der Waals surface area contributed by atoms with Crippen molar-refractivity contribution in [2.24, 2.45) is 0 Å². The number of aromatic carboxylic acids is 1. The van der Waals surface area contributed by atoms with Crippen molar-refractivity contribution < 1.29 is 14.3 Å². The van der Waals surface area contributed by atoms with Gasteiger partial charge in [-0.15, -0.1) is 0 Å². The van der Waals surface area contributed by atoms with E-state index in [1.54, 1.807) is 0 Å². The Bertz CT molecular complexity index is 382.